The smallest absolute Gasteiger partial charge is 0.326 e. The predicted octanol–water partition coefficient (Wildman–Crippen LogP) is 6.15. The molecule has 2 amide bonds. The third kappa shape index (κ3) is 4.33. The van der Waals surface area contributed by atoms with Gasteiger partial charge in [0.25, 0.3) is 5.89 Å². The molecule has 0 spiro atoms. The van der Waals surface area contributed by atoms with E-state index in [1.807, 2.05) is 55.5 Å². The van der Waals surface area contributed by atoms with E-state index < -0.39 is 6.04 Å². The minimum atomic E-state index is -0.555. The lowest BCUT2D eigenvalue weighted by Gasteiger charge is -2.35. The van der Waals surface area contributed by atoms with Crippen molar-refractivity contribution in [2.45, 2.75) is 26.3 Å². The van der Waals surface area contributed by atoms with E-state index in [-0.39, 0.29) is 17.7 Å². The van der Waals surface area contributed by atoms with Crippen molar-refractivity contribution < 1.29 is 18.4 Å². The molecule has 1 aliphatic heterocycles. The number of urea groups is 1. The Morgan fingerprint density at radius 3 is 2.53 bits per heavy atom. The number of hydrogen-bond acceptors (Lipinski definition) is 5. The number of ether oxygens (including phenoxy) is 1. The number of halogens is 1. The number of aromatic nitrogens is 2. The molecule has 0 fully saturated rings. The van der Waals surface area contributed by atoms with Crippen LogP contribution in [0.25, 0.3) is 17.0 Å². The molecule has 36 heavy (non-hydrogen) atoms. The highest BCUT2D eigenvalue weighted by atomic mass is 19.1. The summed E-state index contributed by atoms with van der Waals surface area (Å²) in [6.07, 6.45) is 0.901. The zero-order valence-corrected chi connectivity index (χ0v) is 20.2. The van der Waals surface area contributed by atoms with Gasteiger partial charge in [0.05, 0.1) is 24.4 Å². The molecule has 1 atom stereocenters. The van der Waals surface area contributed by atoms with Crippen LogP contribution in [0.2, 0.25) is 0 Å². The molecule has 1 aromatic heterocycles. The van der Waals surface area contributed by atoms with Gasteiger partial charge < -0.3 is 14.6 Å². The maximum atomic E-state index is 13.4. The fraction of sp³-hybridized carbons (Fsp3) is 0.179. The number of methoxy groups -OCH3 is 1. The highest BCUT2D eigenvalue weighted by molar-refractivity contribution is 6.01. The molecule has 1 N–H and O–H groups in total. The van der Waals surface area contributed by atoms with Gasteiger partial charge in [-0.05, 0) is 73.0 Å². The van der Waals surface area contributed by atoms with E-state index in [0.717, 1.165) is 17.7 Å². The second-order valence-electron chi connectivity index (χ2n) is 8.44. The lowest BCUT2D eigenvalue weighted by Crippen LogP contribution is -2.46. The Morgan fingerprint density at radius 2 is 1.83 bits per heavy atom. The monoisotopic (exact) mass is 484 g/mol. The Hall–Kier alpha value is -4.46. The molecule has 0 aliphatic carbocycles. The van der Waals surface area contributed by atoms with Crippen LogP contribution in [0.1, 0.15) is 36.9 Å². The maximum absolute atomic E-state index is 13.4. The molecule has 8 heteroatoms. The molecule has 182 valence electrons. The Kier molecular flexibility index (Phi) is 6.25. The molecule has 3 aromatic carbocycles. The Bertz CT molecular complexity index is 1430. The summed E-state index contributed by atoms with van der Waals surface area (Å²) in [6.45, 7) is 3.94. The van der Waals surface area contributed by atoms with Gasteiger partial charge in [-0.2, -0.15) is 4.98 Å². The first-order valence-corrected chi connectivity index (χ1v) is 11.6. The van der Waals surface area contributed by atoms with Crippen molar-refractivity contribution in [2.75, 3.05) is 12.0 Å². The first-order chi connectivity index (χ1) is 17.5. The van der Waals surface area contributed by atoms with Crippen molar-refractivity contribution in [1.29, 1.82) is 0 Å². The first-order valence-electron chi connectivity index (χ1n) is 11.6. The molecule has 1 unspecified atom stereocenters. The Morgan fingerprint density at radius 1 is 1.08 bits per heavy atom. The molecular formula is C28H25FN4O3. The SMILES string of the molecule is CCc1ccc(N2C(=O)NC(c3cccc(OC)c3)C(c3nc(-c4ccc(F)cc4)no3)=C2C)cc1. The van der Waals surface area contributed by atoms with Gasteiger partial charge in [-0.25, -0.2) is 9.18 Å². The van der Waals surface area contributed by atoms with E-state index in [9.17, 15) is 9.18 Å². The van der Waals surface area contributed by atoms with Gasteiger partial charge in [0, 0.05) is 11.3 Å². The van der Waals surface area contributed by atoms with E-state index >= 15 is 0 Å². The number of allylic oxidation sites excluding steroid dienone is 1. The van der Waals surface area contributed by atoms with Crippen molar-refractivity contribution in [2.24, 2.45) is 0 Å². The number of anilines is 1. The maximum Gasteiger partial charge on any atom is 0.326 e. The second-order valence-corrected chi connectivity index (χ2v) is 8.44. The van der Waals surface area contributed by atoms with Crippen LogP contribution in [0.3, 0.4) is 0 Å². The third-order valence-electron chi connectivity index (χ3n) is 6.27. The van der Waals surface area contributed by atoms with E-state index in [1.54, 1.807) is 24.1 Å². The number of carbonyl (C=O) groups excluding carboxylic acids is 1. The fourth-order valence-corrected chi connectivity index (χ4v) is 4.33. The first kappa shape index (κ1) is 23.3. The molecule has 2 heterocycles. The second kappa shape index (κ2) is 9.65. The van der Waals surface area contributed by atoms with Gasteiger partial charge in [0.15, 0.2) is 0 Å². The minimum Gasteiger partial charge on any atom is -0.497 e. The van der Waals surface area contributed by atoms with Crippen molar-refractivity contribution in [1.82, 2.24) is 15.5 Å². The molecule has 7 nitrogen and oxygen atoms in total. The number of nitrogens with zero attached hydrogens (tertiary/aromatic N) is 3. The zero-order valence-electron chi connectivity index (χ0n) is 20.2. The van der Waals surface area contributed by atoms with E-state index in [2.05, 4.69) is 22.4 Å². The lowest BCUT2D eigenvalue weighted by atomic mass is 9.94. The summed E-state index contributed by atoms with van der Waals surface area (Å²) in [6, 6.07) is 20.4. The summed E-state index contributed by atoms with van der Waals surface area (Å²) in [5, 5.41) is 7.22. The van der Waals surface area contributed by atoms with Crippen LogP contribution in [-0.2, 0) is 6.42 Å². The van der Waals surface area contributed by atoms with Gasteiger partial charge >= 0.3 is 6.03 Å². The fourth-order valence-electron chi connectivity index (χ4n) is 4.33. The van der Waals surface area contributed by atoms with Gasteiger partial charge in [-0.1, -0.05) is 36.3 Å². The summed E-state index contributed by atoms with van der Waals surface area (Å²) in [5.74, 6) is 0.896. The number of rotatable bonds is 6. The van der Waals surface area contributed by atoms with Gasteiger partial charge in [-0.3, -0.25) is 4.90 Å². The van der Waals surface area contributed by atoms with E-state index in [4.69, 9.17) is 9.26 Å². The Labute approximate surface area is 208 Å². The Balaban J connectivity index is 1.64. The summed E-state index contributed by atoms with van der Waals surface area (Å²) < 4.78 is 24.5. The van der Waals surface area contributed by atoms with Crippen LogP contribution in [0.5, 0.6) is 5.75 Å². The summed E-state index contributed by atoms with van der Waals surface area (Å²) in [4.78, 5) is 19.6. The quantitative estimate of drug-likeness (QED) is 0.355. The lowest BCUT2D eigenvalue weighted by molar-refractivity contribution is 0.244. The third-order valence-corrected chi connectivity index (χ3v) is 6.27. The number of benzene rings is 3. The number of carbonyl (C=O) groups is 1. The van der Waals surface area contributed by atoms with E-state index in [0.29, 0.717) is 28.4 Å². The van der Waals surface area contributed by atoms with Crippen LogP contribution in [-0.4, -0.2) is 23.3 Å². The number of nitrogens with one attached hydrogen (secondary N) is 1. The number of hydrogen-bond donors (Lipinski definition) is 1. The molecule has 0 saturated carbocycles. The van der Waals surface area contributed by atoms with E-state index in [1.165, 1.54) is 17.7 Å². The summed E-state index contributed by atoms with van der Waals surface area (Å²) in [5.41, 5.74) is 4.64. The highest BCUT2D eigenvalue weighted by Crippen LogP contribution is 2.39. The summed E-state index contributed by atoms with van der Waals surface area (Å²) >= 11 is 0. The predicted molar refractivity (Wildman–Crippen MR) is 135 cm³/mol. The van der Waals surface area contributed by atoms with Crippen LogP contribution >= 0.6 is 0 Å². The topological polar surface area (TPSA) is 80.5 Å². The molecular weight excluding hydrogens is 459 g/mol. The van der Waals surface area contributed by atoms with Crippen LogP contribution < -0.4 is 15.0 Å². The number of aryl methyl sites for hydroxylation is 1. The molecule has 0 bridgehead atoms. The molecule has 0 saturated heterocycles. The minimum absolute atomic E-state index is 0.259. The molecule has 0 radical (unpaired) electrons. The van der Waals surface area contributed by atoms with Crippen LogP contribution in [0, 0.1) is 5.82 Å². The number of amides is 2. The normalized spacial score (nSPS) is 15.7. The van der Waals surface area contributed by atoms with Gasteiger partial charge in [-0.15, -0.1) is 0 Å². The van der Waals surface area contributed by atoms with Crippen LogP contribution in [0.15, 0.2) is 83.0 Å². The van der Waals surface area contributed by atoms with Gasteiger partial charge in [0.1, 0.15) is 11.6 Å². The summed E-state index contributed by atoms with van der Waals surface area (Å²) in [7, 11) is 1.59. The van der Waals surface area contributed by atoms with Crippen molar-refractivity contribution in [3.05, 3.63) is 101 Å². The largest absolute Gasteiger partial charge is 0.497 e. The van der Waals surface area contributed by atoms with Crippen molar-refractivity contribution in [3.8, 4) is 17.1 Å². The standard InChI is InChI=1S/C28H25FN4O3/c1-4-18-8-14-22(15-9-18)33-17(2)24(25(30-28(33)34)20-6-5-7-23(16-20)35-3)27-31-26(32-36-27)19-10-12-21(29)13-11-19/h5-16,25H,4H2,1-3H3,(H,30,34). The average molecular weight is 485 g/mol. The molecule has 4 aromatic rings. The molecule has 1 aliphatic rings. The van der Waals surface area contributed by atoms with Gasteiger partial charge in [0.2, 0.25) is 5.82 Å². The zero-order chi connectivity index (χ0) is 25.2. The highest BCUT2D eigenvalue weighted by Gasteiger charge is 2.36. The molecule has 5 rings (SSSR count). The van der Waals surface area contributed by atoms with Crippen LogP contribution in [0.4, 0.5) is 14.9 Å². The average Bonchev–Trinajstić information content (AvgIpc) is 3.39. The van der Waals surface area contributed by atoms with Crippen molar-refractivity contribution >= 4 is 17.3 Å². The van der Waals surface area contributed by atoms with Crippen molar-refractivity contribution in [3.63, 3.8) is 0 Å².